The van der Waals surface area contributed by atoms with Crippen molar-refractivity contribution in [1.82, 2.24) is 15.1 Å². The second kappa shape index (κ2) is 8.38. The van der Waals surface area contributed by atoms with Gasteiger partial charge in [0.1, 0.15) is 17.4 Å². The summed E-state index contributed by atoms with van der Waals surface area (Å²) in [4.78, 5) is 0.922. The van der Waals surface area contributed by atoms with Crippen LogP contribution in [-0.4, -0.2) is 16.9 Å². The Kier molecular flexibility index (Phi) is 5.65. The molecule has 0 amide bonds. The SMILES string of the molecule is C=C(OC)c1sccc1CNCc1c(F)cc(-c2cccc3nn(C)cc23)cc1F. The summed E-state index contributed by atoms with van der Waals surface area (Å²) in [6, 6.07) is 10.3. The molecule has 30 heavy (non-hydrogen) atoms. The van der Waals surface area contributed by atoms with E-state index < -0.39 is 11.6 Å². The molecule has 0 saturated heterocycles. The summed E-state index contributed by atoms with van der Waals surface area (Å²) in [6.07, 6.45) is 1.85. The van der Waals surface area contributed by atoms with E-state index in [1.165, 1.54) is 23.5 Å². The molecule has 2 aromatic heterocycles. The quantitative estimate of drug-likeness (QED) is 0.398. The Morgan fingerprint density at radius 3 is 2.70 bits per heavy atom. The Balaban J connectivity index is 1.55. The summed E-state index contributed by atoms with van der Waals surface area (Å²) in [5.74, 6) is -0.580. The van der Waals surface area contributed by atoms with Gasteiger partial charge in [0.25, 0.3) is 0 Å². The van der Waals surface area contributed by atoms with Crippen molar-refractivity contribution in [2.24, 2.45) is 7.05 Å². The first-order valence-corrected chi connectivity index (χ1v) is 10.3. The largest absolute Gasteiger partial charge is 0.496 e. The number of fused-ring (bicyclic) bond motifs is 1. The zero-order chi connectivity index (χ0) is 21.3. The fourth-order valence-electron chi connectivity index (χ4n) is 3.48. The molecule has 0 saturated carbocycles. The van der Waals surface area contributed by atoms with E-state index in [4.69, 9.17) is 4.74 Å². The van der Waals surface area contributed by atoms with Gasteiger partial charge in [-0.25, -0.2) is 8.78 Å². The highest BCUT2D eigenvalue weighted by Crippen LogP contribution is 2.30. The van der Waals surface area contributed by atoms with Crippen LogP contribution in [0.15, 0.2) is 54.6 Å². The third kappa shape index (κ3) is 3.86. The van der Waals surface area contributed by atoms with Gasteiger partial charge in [-0.1, -0.05) is 18.7 Å². The van der Waals surface area contributed by atoms with Crippen molar-refractivity contribution < 1.29 is 13.5 Å². The highest BCUT2D eigenvalue weighted by molar-refractivity contribution is 7.11. The molecular weight excluding hydrogens is 404 g/mol. The van der Waals surface area contributed by atoms with Gasteiger partial charge in [-0.15, -0.1) is 11.3 Å². The third-order valence-electron chi connectivity index (χ3n) is 4.98. The van der Waals surface area contributed by atoms with Gasteiger partial charge in [0, 0.05) is 37.3 Å². The number of aryl methyl sites for hydroxylation is 1. The number of halogens is 2. The van der Waals surface area contributed by atoms with Gasteiger partial charge < -0.3 is 10.1 Å². The summed E-state index contributed by atoms with van der Waals surface area (Å²) in [7, 11) is 3.39. The molecule has 1 N–H and O–H groups in total. The number of benzene rings is 2. The van der Waals surface area contributed by atoms with Crippen LogP contribution in [0.2, 0.25) is 0 Å². The maximum atomic E-state index is 14.8. The van der Waals surface area contributed by atoms with Crippen molar-refractivity contribution in [2.45, 2.75) is 13.1 Å². The average molecular weight is 426 g/mol. The number of aromatic nitrogens is 2. The molecule has 0 aliphatic carbocycles. The standard InChI is InChI=1S/C23H21F2N3OS/c1-14(29-3)23-15(7-8-30-23)11-26-12-18-20(24)9-16(10-21(18)25)17-5-4-6-22-19(17)13-28(2)27-22/h4-10,13,26H,1,11-12H2,2-3H3. The number of hydrogen-bond acceptors (Lipinski definition) is 4. The molecule has 0 radical (unpaired) electrons. The first-order chi connectivity index (χ1) is 14.5. The van der Waals surface area contributed by atoms with Crippen LogP contribution in [-0.2, 0) is 24.9 Å². The monoisotopic (exact) mass is 425 g/mol. The normalized spacial score (nSPS) is 11.2. The lowest BCUT2D eigenvalue weighted by Gasteiger charge is -2.11. The topological polar surface area (TPSA) is 39.1 Å². The zero-order valence-electron chi connectivity index (χ0n) is 16.7. The predicted molar refractivity (Wildman–Crippen MR) is 117 cm³/mol. The van der Waals surface area contributed by atoms with Crippen LogP contribution in [0.5, 0.6) is 0 Å². The Morgan fingerprint density at radius 2 is 1.97 bits per heavy atom. The average Bonchev–Trinajstić information content (AvgIpc) is 3.34. The van der Waals surface area contributed by atoms with E-state index >= 15 is 0 Å². The molecule has 2 heterocycles. The number of rotatable bonds is 7. The van der Waals surface area contributed by atoms with Crippen LogP contribution < -0.4 is 5.32 Å². The lowest BCUT2D eigenvalue weighted by Crippen LogP contribution is -2.15. The summed E-state index contributed by atoms with van der Waals surface area (Å²) in [5.41, 5.74) is 3.01. The minimum absolute atomic E-state index is 0.0134. The minimum atomic E-state index is -0.578. The molecule has 154 valence electrons. The number of ether oxygens (including phenoxy) is 1. The second-order valence-corrected chi connectivity index (χ2v) is 7.88. The first kappa shape index (κ1) is 20.3. The number of nitrogens with zero attached hydrogens (tertiary/aromatic N) is 2. The van der Waals surface area contributed by atoms with Crippen LogP contribution in [0.4, 0.5) is 8.78 Å². The summed E-state index contributed by atoms with van der Waals surface area (Å²) in [5, 5.41) is 10.3. The van der Waals surface area contributed by atoms with Crippen molar-refractivity contribution >= 4 is 28.0 Å². The maximum Gasteiger partial charge on any atom is 0.131 e. The molecule has 0 unspecified atom stereocenters. The second-order valence-electron chi connectivity index (χ2n) is 6.97. The van der Waals surface area contributed by atoms with Crippen LogP contribution >= 0.6 is 11.3 Å². The smallest absolute Gasteiger partial charge is 0.131 e. The molecule has 0 atom stereocenters. The molecule has 2 aromatic carbocycles. The van der Waals surface area contributed by atoms with Crippen LogP contribution in [0.25, 0.3) is 27.8 Å². The molecule has 4 aromatic rings. The predicted octanol–water partition coefficient (Wildman–Crippen LogP) is 5.49. The van der Waals surface area contributed by atoms with E-state index in [1.807, 2.05) is 42.9 Å². The Labute approximate surface area is 177 Å². The molecule has 0 spiro atoms. The van der Waals surface area contributed by atoms with Gasteiger partial charge in [-0.05, 0) is 46.3 Å². The van der Waals surface area contributed by atoms with Gasteiger partial charge >= 0.3 is 0 Å². The number of nitrogens with one attached hydrogen (secondary N) is 1. The fourth-order valence-corrected chi connectivity index (χ4v) is 4.35. The highest BCUT2D eigenvalue weighted by atomic mass is 32.1. The van der Waals surface area contributed by atoms with Crippen molar-refractivity contribution in [1.29, 1.82) is 0 Å². The molecule has 0 fully saturated rings. The summed E-state index contributed by atoms with van der Waals surface area (Å²) < 4.78 is 36.5. The number of hydrogen-bond donors (Lipinski definition) is 1. The van der Waals surface area contributed by atoms with Crippen molar-refractivity contribution in [3.63, 3.8) is 0 Å². The van der Waals surface area contributed by atoms with Crippen LogP contribution in [0, 0.1) is 11.6 Å². The molecular formula is C23H21F2N3OS. The number of thiophene rings is 1. The van der Waals surface area contributed by atoms with Crippen molar-refractivity contribution in [2.75, 3.05) is 7.11 Å². The third-order valence-corrected chi connectivity index (χ3v) is 5.98. The van der Waals surface area contributed by atoms with E-state index in [2.05, 4.69) is 17.0 Å². The van der Waals surface area contributed by atoms with Crippen molar-refractivity contribution in [3.05, 3.63) is 82.2 Å². The molecule has 0 aliphatic heterocycles. The molecule has 7 heteroatoms. The van der Waals surface area contributed by atoms with Gasteiger partial charge in [0.05, 0.1) is 17.5 Å². The van der Waals surface area contributed by atoms with Crippen LogP contribution in [0.1, 0.15) is 16.0 Å². The fraction of sp³-hybridized carbons (Fsp3) is 0.174. The van der Waals surface area contributed by atoms with Gasteiger partial charge in [0.2, 0.25) is 0 Å². The Hall–Kier alpha value is -3.03. The molecule has 4 rings (SSSR count). The van der Waals surface area contributed by atoms with E-state index in [9.17, 15) is 8.78 Å². The minimum Gasteiger partial charge on any atom is -0.496 e. The van der Waals surface area contributed by atoms with E-state index in [-0.39, 0.29) is 12.1 Å². The first-order valence-electron chi connectivity index (χ1n) is 9.39. The molecule has 4 nitrogen and oxygen atoms in total. The lowest BCUT2D eigenvalue weighted by atomic mass is 10.00. The van der Waals surface area contributed by atoms with Crippen molar-refractivity contribution in [3.8, 4) is 11.1 Å². The van der Waals surface area contributed by atoms with Gasteiger partial charge in [-0.3, -0.25) is 4.68 Å². The summed E-state index contributed by atoms with van der Waals surface area (Å²) in [6.45, 7) is 4.40. The van der Waals surface area contributed by atoms with E-state index in [0.29, 0.717) is 17.9 Å². The Morgan fingerprint density at radius 1 is 1.20 bits per heavy atom. The van der Waals surface area contributed by atoms with Crippen LogP contribution in [0.3, 0.4) is 0 Å². The van der Waals surface area contributed by atoms with Gasteiger partial charge in [-0.2, -0.15) is 5.10 Å². The zero-order valence-corrected chi connectivity index (χ0v) is 17.5. The molecule has 0 bridgehead atoms. The molecule has 0 aliphatic rings. The van der Waals surface area contributed by atoms with E-state index in [1.54, 1.807) is 11.8 Å². The Bertz CT molecular complexity index is 1210. The van der Waals surface area contributed by atoms with Gasteiger partial charge in [0.15, 0.2) is 0 Å². The maximum absolute atomic E-state index is 14.8. The number of methoxy groups -OCH3 is 1. The van der Waals surface area contributed by atoms with E-state index in [0.717, 1.165) is 26.9 Å². The summed E-state index contributed by atoms with van der Waals surface area (Å²) >= 11 is 1.52. The lowest BCUT2D eigenvalue weighted by molar-refractivity contribution is 0.372. The highest BCUT2D eigenvalue weighted by Gasteiger charge is 2.15.